The molecule has 8 nitrogen and oxygen atoms in total. The van der Waals surface area contributed by atoms with Gasteiger partial charge in [0.25, 0.3) is 5.91 Å². The fourth-order valence-corrected chi connectivity index (χ4v) is 4.19. The third-order valence-electron chi connectivity index (χ3n) is 4.85. The number of aromatic nitrogens is 3. The Morgan fingerprint density at radius 2 is 2.03 bits per heavy atom. The van der Waals surface area contributed by atoms with E-state index in [-0.39, 0.29) is 16.5 Å². The molecule has 1 aromatic carbocycles. The predicted molar refractivity (Wildman–Crippen MR) is 110 cm³/mol. The van der Waals surface area contributed by atoms with Gasteiger partial charge in [0.1, 0.15) is 0 Å². The Kier molecular flexibility index (Phi) is 5.10. The van der Waals surface area contributed by atoms with E-state index in [4.69, 9.17) is 0 Å². The van der Waals surface area contributed by atoms with Crippen LogP contribution >= 0.6 is 0 Å². The molecule has 9 heteroatoms. The number of sulfonamides is 1. The molecule has 2 N–H and O–H groups in total. The monoisotopic (exact) mass is 413 g/mol. The fraction of sp³-hybridized carbons (Fsp3) is 0.350. The van der Waals surface area contributed by atoms with E-state index >= 15 is 0 Å². The maximum Gasteiger partial charge on any atom is 0.255 e. The maximum atomic E-state index is 12.6. The molecule has 1 aliphatic rings. The quantitative estimate of drug-likeness (QED) is 0.619. The van der Waals surface area contributed by atoms with Gasteiger partial charge in [0.05, 0.1) is 23.0 Å². The van der Waals surface area contributed by atoms with Gasteiger partial charge in [-0.25, -0.2) is 22.8 Å². The maximum absolute atomic E-state index is 12.6. The highest BCUT2D eigenvalue weighted by atomic mass is 32.2. The largest absolute Gasteiger partial charge is 0.321 e. The van der Waals surface area contributed by atoms with E-state index in [2.05, 4.69) is 20.1 Å². The normalized spacial score (nSPS) is 14.4. The summed E-state index contributed by atoms with van der Waals surface area (Å²) in [6, 6.07) is 7.99. The summed E-state index contributed by atoms with van der Waals surface area (Å²) in [5, 5.41) is 7.90. The van der Waals surface area contributed by atoms with E-state index < -0.39 is 15.9 Å². The third kappa shape index (κ3) is 4.30. The first kappa shape index (κ1) is 19.5. The van der Waals surface area contributed by atoms with Crippen molar-refractivity contribution in [1.82, 2.24) is 19.5 Å². The van der Waals surface area contributed by atoms with Gasteiger partial charge in [0.2, 0.25) is 10.0 Å². The average molecular weight is 414 g/mol. The zero-order chi connectivity index (χ0) is 20.6. The Labute approximate surface area is 169 Å². The Bertz CT molecular complexity index is 1170. The van der Waals surface area contributed by atoms with Gasteiger partial charge in [-0.1, -0.05) is 6.07 Å². The van der Waals surface area contributed by atoms with Crippen LogP contribution in [0.4, 0.5) is 5.69 Å². The highest BCUT2D eigenvalue weighted by molar-refractivity contribution is 7.89. The van der Waals surface area contributed by atoms with Crippen molar-refractivity contribution in [2.45, 2.75) is 37.6 Å². The smallest absolute Gasteiger partial charge is 0.255 e. The van der Waals surface area contributed by atoms with E-state index in [0.29, 0.717) is 18.2 Å². The number of hydrogen-bond donors (Lipinski definition) is 2. The third-order valence-corrected chi connectivity index (χ3v) is 6.27. The van der Waals surface area contributed by atoms with E-state index in [1.165, 1.54) is 12.1 Å². The van der Waals surface area contributed by atoms with Crippen LogP contribution in [0, 0.1) is 5.92 Å². The summed E-state index contributed by atoms with van der Waals surface area (Å²) in [6.07, 6.45) is 5.38. The number of fused-ring (bicyclic) bond motifs is 1. The van der Waals surface area contributed by atoms with Crippen molar-refractivity contribution >= 4 is 32.7 Å². The molecule has 4 rings (SSSR count). The molecule has 1 saturated carbocycles. The summed E-state index contributed by atoms with van der Waals surface area (Å²) in [4.78, 5) is 17.1. The first-order chi connectivity index (χ1) is 13.8. The van der Waals surface area contributed by atoms with Gasteiger partial charge in [0, 0.05) is 23.5 Å². The number of benzene rings is 1. The van der Waals surface area contributed by atoms with Crippen LogP contribution in [0.5, 0.6) is 0 Å². The lowest BCUT2D eigenvalue weighted by molar-refractivity contribution is 0.102. The lowest BCUT2D eigenvalue weighted by Crippen LogP contribution is -2.26. The van der Waals surface area contributed by atoms with E-state index in [1.807, 2.05) is 18.5 Å². The highest BCUT2D eigenvalue weighted by Gasteiger charge is 2.24. The highest BCUT2D eigenvalue weighted by Crippen LogP contribution is 2.28. The Hall–Kier alpha value is -2.78. The van der Waals surface area contributed by atoms with Crippen LogP contribution in [0.3, 0.4) is 0 Å². The van der Waals surface area contributed by atoms with Crippen LogP contribution < -0.4 is 10.0 Å². The molecule has 0 saturated heterocycles. The number of hydrogen-bond acceptors (Lipinski definition) is 5. The van der Waals surface area contributed by atoms with Crippen molar-refractivity contribution in [2.75, 3.05) is 11.9 Å². The molecular weight excluding hydrogens is 390 g/mol. The van der Waals surface area contributed by atoms with Gasteiger partial charge in [-0.15, -0.1) is 0 Å². The van der Waals surface area contributed by atoms with Gasteiger partial charge in [-0.05, 0) is 56.9 Å². The molecule has 3 aromatic rings. The topological polar surface area (TPSA) is 106 Å². The van der Waals surface area contributed by atoms with E-state index in [1.54, 1.807) is 30.6 Å². The fourth-order valence-electron chi connectivity index (χ4n) is 3.03. The number of carbonyl (C=O) groups excluding carboxylic acids is 1. The average Bonchev–Trinajstić information content (AvgIpc) is 3.44. The second kappa shape index (κ2) is 7.57. The van der Waals surface area contributed by atoms with Gasteiger partial charge >= 0.3 is 0 Å². The van der Waals surface area contributed by atoms with Gasteiger partial charge in [0.15, 0.2) is 5.65 Å². The molecule has 29 heavy (non-hydrogen) atoms. The number of nitrogens with one attached hydrogen (secondary N) is 2. The van der Waals surface area contributed by atoms with Crippen LogP contribution in [0.15, 0.2) is 47.6 Å². The molecule has 2 heterocycles. The first-order valence-electron chi connectivity index (χ1n) is 9.58. The van der Waals surface area contributed by atoms with Gasteiger partial charge < -0.3 is 5.32 Å². The first-order valence-corrected chi connectivity index (χ1v) is 11.1. The number of rotatable bonds is 7. The Morgan fingerprint density at radius 1 is 1.24 bits per heavy atom. The van der Waals surface area contributed by atoms with E-state index in [9.17, 15) is 13.2 Å². The minimum absolute atomic E-state index is 0.0811. The SMILES string of the molecule is CC(C)n1ncc2cc(NC(=O)c3cccc(S(=O)(=O)NCC4CC4)c3)cnc21. The van der Waals surface area contributed by atoms with Crippen molar-refractivity contribution in [2.24, 2.45) is 5.92 Å². The second-order valence-corrected chi connectivity index (χ2v) is 9.36. The summed E-state index contributed by atoms with van der Waals surface area (Å²) in [5.41, 5.74) is 1.52. The molecule has 2 aromatic heterocycles. The van der Waals surface area contributed by atoms with Crippen molar-refractivity contribution in [3.8, 4) is 0 Å². The van der Waals surface area contributed by atoms with Crippen LogP contribution in [-0.2, 0) is 10.0 Å². The molecule has 0 bridgehead atoms. The lowest BCUT2D eigenvalue weighted by atomic mass is 10.2. The van der Waals surface area contributed by atoms with Crippen LogP contribution in [0.25, 0.3) is 11.0 Å². The van der Waals surface area contributed by atoms with Crippen molar-refractivity contribution in [3.05, 3.63) is 48.3 Å². The summed E-state index contributed by atoms with van der Waals surface area (Å²) in [7, 11) is -3.63. The minimum atomic E-state index is -3.63. The van der Waals surface area contributed by atoms with Gasteiger partial charge in [-0.3, -0.25) is 4.79 Å². The Balaban J connectivity index is 1.51. The summed E-state index contributed by atoms with van der Waals surface area (Å²) >= 11 is 0. The van der Waals surface area contributed by atoms with Crippen molar-refractivity contribution in [1.29, 1.82) is 0 Å². The standard InChI is InChI=1S/C20H23N5O3S/c1-13(2)25-19-16(11-22-25)8-17(12-21-19)24-20(26)15-4-3-5-18(9-15)29(27,28)23-10-14-6-7-14/h3-5,8-9,11-14,23H,6-7,10H2,1-2H3,(H,24,26). The molecule has 0 unspecified atom stereocenters. The van der Waals surface area contributed by atoms with Gasteiger partial charge in [-0.2, -0.15) is 5.10 Å². The molecule has 0 aliphatic heterocycles. The summed E-state index contributed by atoms with van der Waals surface area (Å²) in [6.45, 7) is 4.48. The second-order valence-electron chi connectivity index (χ2n) is 7.60. The Morgan fingerprint density at radius 3 is 2.76 bits per heavy atom. The zero-order valence-corrected chi connectivity index (χ0v) is 17.1. The summed E-state index contributed by atoms with van der Waals surface area (Å²) < 4.78 is 29.3. The number of anilines is 1. The van der Waals surface area contributed by atoms with Crippen LogP contribution in [0.2, 0.25) is 0 Å². The molecule has 1 amide bonds. The minimum Gasteiger partial charge on any atom is -0.321 e. The zero-order valence-electron chi connectivity index (χ0n) is 16.3. The molecule has 0 atom stereocenters. The molecular formula is C20H23N5O3S. The molecule has 0 spiro atoms. The van der Waals surface area contributed by atoms with Crippen LogP contribution in [0.1, 0.15) is 43.1 Å². The molecule has 1 aliphatic carbocycles. The number of nitrogens with zero attached hydrogens (tertiary/aromatic N) is 3. The molecule has 1 fully saturated rings. The number of pyridine rings is 1. The molecule has 152 valence electrons. The summed E-state index contributed by atoms with van der Waals surface area (Å²) in [5.74, 6) is 0.0281. The van der Waals surface area contributed by atoms with E-state index in [0.717, 1.165) is 23.9 Å². The van der Waals surface area contributed by atoms with Crippen LogP contribution in [-0.4, -0.2) is 35.6 Å². The number of carbonyl (C=O) groups is 1. The number of amides is 1. The van der Waals surface area contributed by atoms with Crippen molar-refractivity contribution < 1.29 is 13.2 Å². The predicted octanol–water partition coefficient (Wildman–Crippen LogP) is 2.95. The van der Waals surface area contributed by atoms with Crippen molar-refractivity contribution in [3.63, 3.8) is 0 Å². The lowest BCUT2D eigenvalue weighted by Gasteiger charge is -2.09. The molecule has 0 radical (unpaired) electrons.